The van der Waals surface area contributed by atoms with Crippen molar-refractivity contribution < 1.29 is 14.6 Å². The number of esters is 1. The number of ether oxygens (including phenoxy) is 1. The van der Waals surface area contributed by atoms with Crippen molar-refractivity contribution in [3.8, 4) is 0 Å². The van der Waals surface area contributed by atoms with Crippen LogP contribution in [0.3, 0.4) is 0 Å². The van der Waals surface area contributed by atoms with E-state index in [-0.39, 0.29) is 18.2 Å². The van der Waals surface area contributed by atoms with Crippen LogP contribution in [-0.4, -0.2) is 23.3 Å². The van der Waals surface area contributed by atoms with Crippen LogP contribution in [0, 0.1) is 28.6 Å². The van der Waals surface area contributed by atoms with E-state index < -0.39 is 0 Å². The number of aliphatic hydroxyl groups excluding tert-OH is 1. The lowest BCUT2D eigenvalue weighted by Crippen LogP contribution is -2.49. The van der Waals surface area contributed by atoms with E-state index in [1.807, 2.05) is 0 Å². The van der Waals surface area contributed by atoms with Crippen LogP contribution in [0.5, 0.6) is 0 Å². The van der Waals surface area contributed by atoms with Crippen LogP contribution in [0.2, 0.25) is 0 Å². The average molecular weight is 332 g/mol. The maximum atomic E-state index is 11.4. The van der Waals surface area contributed by atoms with E-state index in [4.69, 9.17) is 4.74 Å². The molecular weight excluding hydrogens is 300 g/mol. The van der Waals surface area contributed by atoms with Gasteiger partial charge in [-0.1, -0.05) is 25.5 Å². The Bertz CT molecular complexity index is 567. The first kappa shape index (κ1) is 16.6. The lowest BCUT2D eigenvalue weighted by Gasteiger charge is -2.57. The van der Waals surface area contributed by atoms with Gasteiger partial charge in [-0.15, -0.1) is 0 Å². The van der Waals surface area contributed by atoms with Crippen molar-refractivity contribution in [2.24, 2.45) is 28.6 Å². The smallest absolute Gasteiger partial charge is 0.302 e. The van der Waals surface area contributed by atoms with Gasteiger partial charge in [0.1, 0.15) is 6.10 Å². The summed E-state index contributed by atoms with van der Waals surface area (Å²) in [5, 5.41) is 10.1. The van der Waals surface area contributed by atoms with E-state index in [1.165, 1.54) is 25.3 Å². The predicted octanol–water partition coefficient (Wildman–Crippen LogP) is 4.24. The van der Waals surface area contributed by atoms with Crippen molar-refractivity contribution in [1.82, 2.24) is 0 Å². The number of allylic oxidation sites excluding steroid dienone is 1. The molecule has 4 aliphatic carbocycles. The number of carbonyl (C=O) groups excluding carboxylic acids is 1. The van der Waals surface area contributed by atoms with E-state index in [0.717, 1.165) is 50.4 Å². The molecule has 3 saturated carbocycles. The molecule has 0 bridgehead atoms. The largest absolute Gasteiger partial charge is 0.463 e. The SMILES string of the molecule is CC(=O)O[C@@H]1C[C@H]2[C@@H]3CC=C4C[C@@H](O)CC[C@]4(C)[C@H]3CC[C@]2(C)C1. The van der Waals surface area contributed by atoms with Crippen LogP contribution in [0.4, 0.5) is 0 Å². The molecular formula is C21H32O3. The van der Waals surface area contributed by atoms with E-state index in [9.17, 15) is 9.90 Å². The fraction of sp³-hybridized carbons (Fsp3) is 0.857. The topological polar surface area (TPSA) is 46.5 Å². The van der Waals surface area contributed by atoms with Gasteiger partial charge in [-0.2, -0.15) is 0 Å². The molecule has 1 N–H and O–H groups in total. The van der Waals surface area contributed by atoms with Crippen LogP contribution in [-0.2, 0) is 9.53 Å². The summed E-state index contributed by atoms with van der Waals surface area (Å²) in [6.07, 6.45) is 11.3. The lowest BCUT2D eigenvalue weighted by molar-refractivity contribution is -0.146. The summed E-state index contributed by atoms with van der Waals surface area (Å²) in [6, 6.07) is 0. The molecule has 0 spiro atoms. The van der Waals surface area contributed by atoms with Gasteiger partial charge in [-0.25, -0.2) is 0 Å². The first-order chi connectivity index (χ1) is 11.3. The Morgan fingerprint density at radius 3 is 2.79 bits per heavy atom. The maximum Gasteiger partial charge on any atom is 0.302 e. The van der Waals surface area contributed by atoms with Gasteiger partial charge in [0.2, 0.25) is 0 Å². The first-order valence-corrected chi connectivity index (χ1v) is 9.87. The second kappa shape index (κ2) is 5.59. The summed E-state index contributed by atoms with van der Waals surface area (Å²) < 4.78 is 5.61. The van der Waals surface area contributed by atoms with E-state index in [1.54, 1.807) is 0 Å². The number of hydrogen-bond acceptors (Lipinski definition) is 3. The molecule has 24 heavy (non-hydrogen) atoms. The molecule has 134 valence electrons. The minimum absolute atomic E-state index is 0.127. The summed E-state index contributed by atoms with van der Waals surface area (Å²) >= 11 is 0. The van der Waals surface area contributed by atoms with Gasteiger partial charge < -0.3 is 9.84 Å². The highest BCUT2D eigenvalue weighted by atomic mass is 16.5. The molecule has 3 fully saturated rings. The van der Waals surface area contributed by atoms with Gasteiger partial charge >= 0.3 is 5.97 Å². The van der Waals surface area contributed by atoms with Crippen LogP contribution < -0.4 is 0 Å². The van der Waals surface area contributed by atoms with Crippen molar-refractivity contribution >= 4 is 5.97 Å². The van der Waals surface area contributed by atoms with Gasteiger partial charge in [0.15, 0.2) is 0 Å². The van der Waals surface area contributed by atoms with Crippen LogP contribution in [0.25, 0.3) is 0 Å². The molecule has 4 aliphatic rings. The highest BCUT2D eigenvalue weighted by Gasteiger charge is 2.57. The van der Waals surface area contributed by atoms with Crippen molar-refractivity contribution in [2.75, 3.05) is 0 Å². The second-order valence-corrected chi connectivity index (χ2v) is 9.52. The molecule has 0 aromatic rings. The quantitative estimate of drug-likeness (QED) is 0.577. The molecule has 0 amide bonds. The van der Waals surface area contributed by atoms with Gasteiger partial charge in [-0.05, 0) is 80.0 Å². The third-order valence-corrected chi connectivity index (χ3v) is 8.14. The Labute approximate surface area is 145 Å². The zero-order valence-electron chi connectivity index (χ0n) is 15.4. The molecule has 0 aromatic carbocycles. The van der Waals surface area contributed by atoms with Crippen molar-refractivity contribution in [3.63, 3.8) is 0 Å². The van der Waals surface area contributed by atoms with Crippen LogP contribution in [0.15, 0.2) is 11.6 Å². The summed E-state index contributed by atoms with van der Waals surface area (Å²) in [4.78, 5) is 11.4. The predicted molar refractivity (Wildman–Crippen MR) is 93.3 cm³/mol. The molecule has 0 heterocycles. The normalized spacial score (nSPS) is 50.3. The minimum atomic E-state index is -0.130. The molecule has 0 radical (unpaired) electrons. The van der Waals surface area contributed by atoms with Crippen molar-refractivity contribution in [1.29, 1.82) is 0 Å². The van der Waals surface area contributed by atoms with Gasteiger partial charge in [0.05, 0.1) is 6.10 Å². The van der Waals surface area contributed by atoms with Crippen molar-refractivity contribution in [3.05, 3.63) is 11.6 Å². The van der Waals surface area contributed by atoms with E-state index in [0.29, 0.717) is 16.7 Å². The number of carbonyl (C=O) groups is 1. The van der Waals surface area contributed by atoms with E-state index >= 15 is 0 Å². The summed E-state index contributed by atoms with van der Waals surface area (Å²) in [7, 11) is 0. The fourth-order valence-electron chi connectivity index (χ4n) is 6.96. The zero-order valence-corrected chi connectivity index (χ0v) is 15.4. The van der Waals surface area contributed by atoms with E-state index in [2.05, 4.69) is 19.9 Å². The number of hydrogen-bond donors (Lipinski definition) is 1. The molecule has 0 aromatic heterocycles. The molecule has 3 nitrogen and oxygen atoms in total. The van der Waals surface area contributed by atoms with Gasteiger partial charge in [0, 0.05) is 6.92 Å². The van der Waals surface area contributed by atoms with Gasteiger partial charge in [0.25, 0.3) is 0 Å². The molecule has 0 unspecified atom stereocenters. The maximum absolute atomic E-state index is 11.4. The van der Waals surface area contributed by atoms with Crippen LogP contribution in [0.1, 0.15) is 72.1 Å². The highest BCUT2D eigenvalue weighted by molar-refractivity contribution is 5.66. The third kappa shape index (κ3) is 2.46. The van der Waals surface area contributed by atoms with Crippen molar-refractivity contribution in [2.45, 2.75) is 84.3 Å². The number of fused-ring (bicyclic) bond motifs is 5. The zero-order chi connectivity index (χ0) is 17.1. The Hall–Kier alpha value is -0.830. The van der Waals surface area contributed by atoms with Gasteiger partial charge in [-0.3, -0.25) is 4.79 Å². The Morgan fingerprint density at radius 2 is 2.04 bits per heavy atom. The average Bonchev–Trinajstić information content (AvgIpc) is 2.83. The third-order valence-electron chi connectivity index (χ3n) is 8.14. The number of aliphatic hydroxyl groups is 1. The minimum Gasteiger partial charge on any atom is -0.463 e. The molecule has 7 atom stereocenters. The summed E-state index contributed by atoms with van der Waals surface area (Å²) in [5.74, 6) is 2.03. The summed E-state index contributed by atoms with van der Waals surface area (Å²) in [6.45, 7) is 6.43. The Morgan fingerprint density at radius 1 is 1.25 bits per heavy atom. The Kier molecular flexibility index (Phi) is 3.87. The molecule has 3 heteroatoms. The standard InChI is InChI=1S/C21H32O3/c1-13(22)24-16-11-19-17-5-4-14-10-15(23)6-9-21(14,3)18(17)7-8-20(19,2)12-16/h4,15-19,23H,5-12H2,1-3H3/t15-,16+,17+,18-,19-,20+,21-/m0/s1. The first-order valence-electron chi connectivity index (χ1n) is 9.87. The number of rotatable bonds is 1. The summed E-state index contributed by atoms with van der Waals surface area (Å²) in [5.41, 5.74) is 2.17. The molecule has 4 rings (SSSR count). The molecule has 0 saturated heterocycles. The lowest BCUT2D eigenvalue weighted by atomic mass is 9.48. The fourth-order valence-corrected chi connectivity index (χ4v) is 6.96. The Balaban J connectivity index is 1.60. The second-order valence-electron chi connectivity index (χ2n) is 9.52. The van der Waals surface area contributed by atoms with Crippen LogP contribution >= 0.6 is 0 Å². The monoisotopic (exact) mass is 332 g/mol. The highest BCUT2D eigenvalue weighted by Crippen LogP contribution is 2.65. The molecule has 0 aliphatic heterocycles.